The van der Waals surface area contributed by atoms with Gasteiger partial charge in [-0.2, -0.15) is 4.31 Å². The molecule has 0 bridgehead atoms. The smallest absolute Gasteiger partial charge is 0.243 e. The summed E-state index contributed by atoms with van der Waals surface area (Å²) < 4.78 is 37.3. The molecular weight excluding hydrogens is 334 g/mol. The van der Waals surface area contributed by atoms with Crippen LogP contribution in [0.5, 0.6) is 11.5 Å². The number of carbonyl (C=O) groups excluding carboxylic acids is 1. The molecule has 1 aromatic carbocycles. The zero-order valence-electron chi connectivity index (χ0n) is 13.9. The van der Waals surface area contributed by atoms with Gasteiger partial charge in [-0.3, -0.25) is 4.79 Å². The molecule has 0 aromatic heterocycles. The second-order valence-electron chi connectivity index (χ2n) is 5.48. The molecule has 1 fully saturated rings. The maximum absolute atomic E-state index is 12.8. The first-order valence-electron chi connectivity index (χ1n) is 7.61. The summed E-state index contributed by atoms with van der Waals surface area (Å²) in [6.45, 7) is 2.43. The Hall–Kier alpha value is -1.84. The van der Waals surface area contributed by atoms with Gasteiger partial charge in [0.15, 0.2) is 11.5 Å². The lowest BCUT2D eigenvalue weighted by Crippen LogP contribution is -2.49. The van der Waals surface area contributed by atoms with Gasteiger partial charge in [0.2, 0.25) is 15.9 Å². The van der Waals surface area contributed by atoms with Crippen molar-refractivity contribution in [1.29, 1.82) is 0 Å². The lowest BCUT2D eigenvalue weighted by Gasteiger charge is -2.33. The third-order valence-electron chi connectivity index (χ3n) is 4.00. The first-order chi connectivity index (χ1) is 11.4. The van der Waals surface area contributed by atoms with E-state index in [1.165, 1.54) is 30.7 Å². The van der Waals surface area contributed by atoms with E-state index in [1.54, 1.807) is 6.07 Å². The molecule has 1 aromatic rings. The summed E-state index contributed by atoms with van der Waals surface area (Å²) in [5.74, 6) is 0.502. The summed E-state index contributed by atoms with van der Waals surface area (Å²) in [6, 6.07) is 4.55. The van der Waals surface area contributed by atoms with Gasteiger partial charge in [-0.25, -0.2) is 8.42 Å². The predicted octanol–water partition coefficient (Wildman–Crippen LogP) is -0.114. The van der Waals surface area contributed by atoms with E-state index in [-0.39, 0.29) is 17.2 Å². The Balaban J connectivity index is 2.08. The Morgan fingerprint density at radius 2 is 1.75 bits per heavy atom. The second-order valence-corrected chi connectivity index (χ2v) is 7.42. The SMILES string of the molecule is COc1ccc(S(=O)(=O)N2CCN(CCC(N)=O)CC2)cc1OC. The van der Waals surface area contributed by atoms with Gasteiger partial charge in [0.05, 0.1) is 19.1 Å². The largest absolute Gasteiger partial charge is 0.493 e. The molecule has 1 saturated heterocycles. The number of hydrogen-bond acceptors (Lipinski definition) is 6. The fourth-order valence-electron chi connectivity index (χ4n) is 2.59. The summed E-state index contributed by atoms with van der Waals surface area (Å²) in [5.41, 5.74) is 5.14. The quantitative estimate of drug-likeness (QED) is 0.730. The number of rotatable bonds is 7. The highest BCUT2D eigenvalue weighted by Gasteiger charge is 2.29. The van der Waals surface area contributed by atoms with Crippen molar-refractivity contribution in [1.82, 2.24) is 9.21 Å². The molecule has 0 unspecified atom stereocenters. The number of carbonyl (C=O) groups is 1. The number of primary amides is 1. The van der Waals surface area contributed by atoms with Crippen LogP contribution in [-0.4, -0.2) is 70.5 Å². The van der Waals surface area contributed by atoms with Crippen LogP contribution < -0.4 is 15.2 Å². The van der Waals surface area contributed by atoms with Gasteiger partial charge in [-0.05, 0) is 12.1 Å². The summed E-state index contributed by atoms with van der Waals surface area (Å²) in [4.78, 5) is 13.0. The van der Waals surface area contributed by atoms with Crippen molar-refractivity contribution in [2.45, 2.75) is 11.3 Å². The lowest BCUT2D eigenvalue weighted by molar-refractivity contribution is -0.118. The van der Waals surface area contributed by atoms with Crippen LogP contribution >= 0.6 is 0 Å². The van der Waals surface area contributed by atoms with Gasteiger partial charge in [0, 0.05) is 45.2 Å². The van der Waals surface area contributed by atoms with Crippen molar-refractivity contribution in [2.24, 2.45) is 5.73 Å². The van der Waals surface area contributed by atoms with Crippen LogP contribution in [0.4, 0.5) is 0 Å². The Bertz CT molecular complexity index is 684. The monoisotopic (exact) mass is 357 g/mol. The molecule has 1 heterocycles. The maximum atomic E-state index is 12.8. The van der Waals surface area contributed by atoms with E-state index in [0.29, 0.717) is 44.2 Å². The number of benzene rings is 1. The van der Waals surface area contributed by atoms with Crippen molar-refractivity contribution in [2.75, 3.05) is 46.9 Å². The topological polar surface area (TPSA) is 102 Å². The number of amides is 1. The van der Waals surface area contributed by atoms with Gasteiger partial charge >= 0.3 is 0 Å². The predicted molar refractivity (Wildman–Crippen MR) is 88.6 cm³/mol. The van der Waals surface area contributed by atoms with Gasteiger partial charge in [-0.15, -0.1) is 0 Å². The van der Waals surface area contributed by atoms with Crippen LogP contribution in [0.25, 0.3) is 0 Å². The molecule has 134 valence electrons. The molecule has 0 saturated carbocycles. The van der Waals surface area contributed by atoms with Crippen molar-refractivity contribution in [3.8, 4) is 11.5 Å². The number of sulfonamides is 1. The van der Waals surface area contributed by atoms with Gasteiger partial charge in [0.1, 0.15) is 0 Å². The van der Waals surface area contributed by atoms with Gasteiger partial charge in [0.25, 0.3) is 0 Å². The number of ether oxygens (including phenoxy) is 2. The number of nitrogens with two attached hydrogens (primary N) is 1. The zero-order valence-corrected chi connectivity index (χ0v) is 14.7. The molecular formula is C15H23N3O5S. The summed E-state index contributed by atoms with van der Waals surface area (Å²) in [5, 5.41) is 0. The van der Waals surface area contributed by atoms with E-state index in [0.717, 1.165) is 0 Å². The first kappa shape index (κ1) is 18.5. The number of hydrogen-bond donors (Lipinski definition) is 1. The summed E-state index contributed by atoms with van der Waals surface area (Å²) >= 11 is 0. The van der Waals surface area contributed by atoms with E-state index in [2.05, 4.69) is 0 Å². The minimum absolute atomic E-state index is 0.172. The molecule has 1 aliphatic rings. The highest BCUT2D eigenvalue weighted by Crippen LogP contribution is 2.30. The fourth-order valence-corrected chi connectivity index (χ4v) is 4.03. The fraction of sp³-hybridized carbons (Fsp3) is 0.533. The van der Waals surface area contributed by atoms with Crippen LogP contribution in [0.1, 0.15) is 6.42 Å². The third-order valence-corrected chi connectivity index (χ3v) is 5.89. The van der Waals surface area contributed by atoms with Crippen molar-refractivity contribution >= 4 is 15.9 Å². The number of piperazine rings is 1. The van der Waals surface area contributed by atoms with Crippen molar-refractivity contribution < 1.29 is 22.7 Å². The molecule has 2 N–H and O–H groups in total. The maximum Gasteiger partial charge on any atom is 0.243 e. The van der Waals surface area contributed by atoms with Crippen LogP contribution in [0.3, 0.4) is 0 Å². The zero-order chi connectivity index (χ0) is 17.7. The summed E-state index contributed by atoms with van der Waals surface area (Å²) in [7, 11) is -0.633. The van der Waals surface area contributed by atoms with Crippen LogP contribution in [0.2, 0.25) is 0 Å². The van der Waals surface area contributed by atoms with E-state index in [9.17, 15) is 13.2 Å². The van der Waals surface area contributed by atoms with E-state index in [1.807, 2.05) is 4.90 Å². The molecule has 1 aliphatic heterocycles. The third kappa shape index (κ3) is 4.16. The van der Waals surface area contributed by atoms with E-state index >= 15 is 0 Å². The van der Waals surface area contributed by atoms with Crippen molar-refractivity contribution in [3.63, 3.8) is 0 Å². The standard InChI is InChI=1S/C15H23N3O5S/c1-22-13-4-3-12(11-14(13)23-2)24(20,21)18-9-7-17(8-10-18)6-5-15(16)19/h3-4,11H,5-10H2,1-2H3,(H2,16,19). The molecule has 0 atom stereocenters. The average molecular weight is 357 g/mol. The van der Waals surface area contributed by atoms with Gasteiger partial charge in [-0.1, -0.05) is 0 Å². The molecule has 0 aliphatic carbocycles. The van der Waals surface area contributed by atoms with Gasteiger partial charge < -0.3 is 20.1 Å². The molecule has 0 radical (unpaired) electrons. The normalized spacial score (nSPS) is 16.8. The van der Waals surface area contributed by atoms with Crippen LogP contribution in [0.15, 0.2) is 23.1 Å². The average Bonchev–Trinajstić information content (AvgIpc) is 2.59. The minimum Gasteiger partial charge on any atom is -0.493 e. The van der Waals surface area contributed by atoms with E-state index in [4.69, 9.17) is 15.2 Å². The van der Waals surface area contributed by atoms with Crippen LogP contribution in [0, 0.1) is 0 Å². The highest BCUT2D eigenvalue weighted by atomic mass is 32.2. The molecule has 1 amide bonds. The second kappa shape index (κ2) is 7.82. The summed E-state index contributed by atoms with van der Waals surface area (Å²) in [6.07, 6.45) is 0.280. The molecule has 0 spiro atoms. The molecule has 9 heteroatoms. The number of methoxy groups -OCH3 is 2. The molecule has 8 nitrogen and oxygen atoms in total. The van der Waals surface area contributed by atoms with Crippen molar-refractivity contribution in [3.05, 3.63) is 18.2 Å². The Labute approximate surface area is 142 Å². The molecule has 2 rings (SSSR count). The molecule has 24 heavy (non-hydrogen) atoms. The number of nitrogens with zero attached hydrogens (tertiary/aromatic N) is 2. The first-order valence-corrected chi connectivity index (χ1v) is 9.05. The lowest BCUT2D eigenvalue weighted by atomic mass is 10.3. The Morgan fingerprint density at radius 3 is 2.29 bits per heavy atom. The minimum atomic E-state index is -3.59. The van der Waals surface area contributed by atoms with Crippen LogP contribution in [-0.2, 0) is 14.8 Å². The highest BCUT2D eigenvalue weighted by molar-refractivity contribution is 7.89. The Kier molecular flexibility index (Phi) is 6.03. The van der Waals surface area contributed by atoms with E-state index < -0.39 is 10.0 Å². The Morgan fingerprint density at radius 1 is 1.12 bits per heavy atom.